The van der Waals surface area contributed by atoms with Crippen molar-refractivity contribution in [3.63, 3.8) is 0 Å². The Morgan fingerprint density at radius 1 is 1.45 bits per heavy atom. The van der Waals surface area contributed by atoms with Crippen LogP contribution in [0, 0.1) is 32.1 Å². The molecule has 1 N–H and O–H groups in total. The van der Waals surface area contributed by atoms with E-state index in [-0.39, 0.29) is 0 Å². The Kier molecular flexibility index (Phi) is 5.03. The van der Waals surface area contributed by atoms with Gasteiger partial charge in [0, 0.05) is 24.3 Å². The minimum absolute atomic E-state index is 0.644. The molecule has 1 aliphatic rings. The average molecular weight is 271 g/mol. The molecule has 1 heterocycles. The predicted molar refractivity (Wildman–Crippen MR) is 84.9 cm³/mol. The molecule has 0 aliphatic heterocycles. The smallest absolute Gasteiger partial charge is 0.134 e. The van der Waals surface area contributed by atoms with E-state index < -0.39 is 0 Å². The molecule has 0 aromatic carbocycles. The van der Waals surface area contributed by atoms with Crippen molar-refractivity contribution in [2.24, 2.45) is 5.92 Å². The van der Waals surface area contributed by atoms with Crippen LogP contribution in [0.3, 0.4) is 0 Å². The quantitative estimate of drug-likeness (QED) is 0.773. The van der Waals surface area contributed by atoms with E-state index >= 15 is 0 Å². The van der Waals surface area contributed by atoms with E-state index in [0.29, 0.717) is 6.54 Å². The normalized spacial score (nSPS) is 14.1. The van der Waals surface area contributed by atoms with Gasteiger partial charge in [-0.1, -0.05) is 12.8 Å². The molecule has 1 fully saturated rings. The van der Waals surface area contributed by atoms with Crippen LogP contribution < -0.4 is 10.2 Å². The molecule has 0 saturated heterocycles. The first-order valence-electron chi connectivity index (χ1n) is 7.52. The molecule has 3 nitrogen and oxygen atoms in total. The fraction of sp³-hybridized carbons (Fsp3) is 0.588. The van der Waals surface area contributed by atoms with Crippen LogP contribution in [0.4, 0.5) is 5.82 Å². The van der Waals surface area contributed by atoms with Crippen molar-refractivity contribution in [2.75, 3.05) is 24.5 Å². The maximum Gasteiger partial charge on any atom is 0.134 e. The highest BCUT2D eigenvalue weighted by molar-refractivity contribution is 5.52. The number of anilines is 1. The Morgan fingerprint density at radius 2 is 2.20 bits per heavy atom. The molecule has 2 rings (SSSR count). The van der Waals surface area contributed by atoms with Gasteiger partial charge in [0.15, 0.2) is 0 Å². The lowest BCUT2D eigenvalue weighted by Gasteiger charge is -2.25. The number of rotatable bonds is 7. The lowest BCUT2D eigenvalue weighted by atomic mass is 10.1. The number of terminal acetylenes is 1. The molecule has 1 aliphatic carbocycles. The van der Waals surface area contributed by atoms with E-state index in [1.165, 1.54) is 24.0 Å². The summed E-state index contributed by atoms with van der Waals surface area (Å²) < 4.78 is 0. The summed E-state index contributed by atoms with van der Waals surface area (Å²) in [5, 5.41) is 3.41. The molecule has 0 bridgehead atoms. The van der Waals surface area contributed by atoms with Gasteiger partial charge in [0.1, 0.15) is 5.82 Å². The Labute approximate surface area is 122 Å². The fourth-order valence-corrected chi connectivity index (χ4v) is 2.52. The minimum atomic E-state index is 0.644. The number of aryl methyl sites for hydroxylation is 2. The Hall–Kier alpha value is -1.53. The molecular formula is C17H25N3. The molecule has 0 atom stereocenters. The number of hydrogen-bond acceptors (Lipinski definition) is 3. The summed E-state index contributed by atoms with van der Waals surface area (Å²) in [5.74, 6) is 4.67. The van der Waals surface area contributed by atoms with Gasteiger partial charge in [0.2, 0.25) is 0 Å². The van der Waals surface area contributed by atoms with Crippen molar-refractivity contribution >= 4 is 5.82 Å². The maximum atomic E-state index is 5.55. The number of nitrogens with one attached hydrogen (secondary N) is 1. The third kappa shape index (κ3) is 3.74. The molecule has 0 radical (unpaired) electrons. The monoisotopic (exact) mass is 271 g/mol. The average Bonchev–Trinajstić information content (AvgIpc) is 3.20. The second kappa shape index (κ2) is 6.76. The van der Waals surface area contributed by atoms with Gasteiger partial charge in [-0.2, -0.15) is 0 Å². The summed E-state index contributed by atoms with van der Waals surface area (Å²) >= 11 is 0. The third-order valence-electron chi connectivity index (χ3n) is 3.76. The van der Waals surface area contributed by atoms with Gasteiger partial charge in [0.25, 0.3) is 0 Å². The highest BCUT2D eigenvalue weighted by atomic mass is 15.2. The van der Waals surface area contributed by atoms with Crippen LogP contribution in [-0.2, 0) is 6.54 Å². The van der Waals surface area contributed by atoms with E-state index in [4.69, 9.17) is 11.4 Å². The van der Waals surface area contributed by atoms with Crippen molar-refractivity contribution in [1.82, 2.24) is 10.3 Å². The second-order valence-corrected chi connectivity index (χ2v) is 5.69. The van der Waals surface area contributed by atoms with E-state index in [0.717, 1.165) is 37.1 Å². The lowest BCUT2D eigenvalue weighted by Crippen LogP contribution is -2.29. The van der Waals surface area contributed by atoms with Gasteiger partial charge in [-0.15, -0.1) is 6.42 Å². The topological polar surface area (TPSA) is 28.2 Å². The molecule has 0 amide bonds. The third-order valence-corrected chi connectivity index (χ3v) is 3.76. The van der Waals surface area contributed by atoms with E-state index in [9.17, 15) is 0 Å². The zero-order chi connectivity index (χ0) is 14.5. The molecule has 108 valence electrons. The van der Waals surface area contributed by atoms with Gasteiger partial charge in [-0.25, -0.2) is 4.98 Å². The standard InChI is InChI=1S/C17H25N3/c1-5-9-20(12-15-7-8-15)17-16(11-18-6-2)13(3)10-14(4)19-17/h1,10,15,18H,6-9,11-12H2,2-4H3. The first-order chi connectivity index (χ1) is 9.65. The summed E-state index contributed by atoms with van der Waals surface area (Å²) in [5.41, 5.74) is 3.65. The molecule has 0 unspecified atom stereocenters. The van der Waals surface area contributed by atoms with E-state index in [2.05, 4.69) is 43.0 Å². The van der Waals surface area contributed by atoms with E-state index in [1.54, 1.807) is 0 Å². The molecule has 3 heteroatoms. The summed E-state index contributed by atoms with van der Waals surface area (Å²) in [7, 11) is 0. The SMILES string of the molecule is C#CCN(CC1CC1)c1nc(C)cc(C)c1CNCC. The minimum Gasteiger partial charge on any atom is -0.345 e. The van der Waals surface area contributed by atoms with Crippen LogP contribution in [0.5, 0.6) is 0 Å². The maximum absolute atomic E-state index is 5.55. The molecular weight excluding hydrogens is 246 g/mol. The second-order valence-electron chi connectivity index (χ2n) is 5.69. The lowest BCUT2D eigenvalue weighted by molar-refractivity contribution is 0.702. The number of hydrogen-bond donors (Lipinski definition) is 1. The first kappa shape index (κ1) is 14.9. The summed E-state index contributed by atoms with van der Waals surface area (Å²) in [6.45, 7) is 9.85. The number of nitrogens with zero attached hydrogens (tertiary/aromatic N) is 2. The zero-order valence-electron chi connectivity index (χ0n) is 12.9. The van der Waals surface area contributed by atoms with Gasteiger partial charge in [-0.3, -0.25) is 0 Å². The highest BCUT2D eigenvalue weighted by Gasteiger charge is 2.26. The van der Waals surface area contributed by atoms with Crippen molar-refractivity contribution in [2.45, 2.75) is 40.2 Å². The van der Waals surface area contributed by atoms with Gasteiger partial charge < -0.3 is 10.2 Å². The van der Waals surface area contributed by atoms with Crippen LogP contribution in [0.2, 0.25) is 0 Å². The zero-order valence-corrected chi connectivity index (χ0v) is 12.9. The summed E-state index contributed by atoms with van der Waals surface area (Å²) in [4.78, 5) is 7.06. The molecule has 0 spiro atoms. The Morgan fingerprint density at radius 3 is 2.80 bits per heavy atom. The number of pyridine rings is 1. The van der Waals surface area contributed by atoms with Crippen molar-refractivity contribution in [3.05, 3.63) is 22.9 Å². The van der Waals surface area contributed by atoms with Gasteiger partial charge in [0.05, 0.1) is 6.54 Å². The molecule has 1 aromatic heterocycles. The van der Waals surface area contributed by atoms with Crippen LogP contribution in [0.1, 0.15) is 36.6 Å². The highest BCUT2D eigenvalue weighted by Crippen LogP contribution is 2.32. The van der Waals surface area contributed by atoms with Crippen LogP contribution >= 0.6 is 0 Å². The molecule has 1 saturated carbocycles. The molecule has 1 aromatic rings. The number of aromatic nitrogens is 1. The fourth-order valence-electron chi connectivity index (χ4n) is 2.52. The van der Waals surface area contributed by atoms with Crippen LogP contribution in [0.25, 0.3) is 0 Å². The largest absolute Gasteiger partial charge is 0.345 e. The van der Waals surface area contributed by atoms with Gasteiger partial charge >= 0.3 is 0 Å². The Balaban J connectivity index is 2.31. The van der Waals surface area contributed by atoms with Crippen molar-refractivity contribution in [1.29, 1.82) is 0 Å². The van der Waals surface area contributed by atoms with Crippen molar-refractivity contribution in [3.8, 4) is 12.3 Å². The van der Waals surface area contributed by atoms with Crippen molar-refractivity contribution < 1.29 is 0 Å². The van der Waals surface area contributed by atoms with Gasteiger partial charge in [-0.05, 0) is 50.8 Å². The Bertz CT molecular complexity index is 498. The molecule has 20 heavy (non-hydrogen) atoms. The predicted octanol–water partition coefficient (Wildman–Crippen LogP) is 2.66. The van der Waals surface area contributed by atoms with E-state index in [1.807, 2.05) is 0 Å². The summed E-state index contributed by atoms with van der Waals surface area (Å²) in [6.07, 6.45) is 8.21. The van der Waals surface area contributed by atoms with Crippen LogP contribution in [-0.4, -0.2) is 24.6 Å². The summed E-state index contributed by atoms with van der Waals surface area (Å²) in [6, 6.07) is 2.15. The first-order valence-corrected chi connectivity index (χ1v) is 7.52. The van der Waals surface area contributed by atoms with Crippen LogP contribution in [0.15, 0.2) is 6.07 Å².